The second-order valence-electron chi connectivity index (χ2n) is 7.90. The first-order valence-corrected chi connectivity index (χ1v) is 10.6. The van der Waals surface area contributed by atoms with Crippen molar-refractivity contribution >= 4 is 11.8 Å². The standard InChI is InChI=1S/C21H33NS/c1-17(16-23-21-10-4-3-5-11-21)12-13-22-15-20-9-7-6-8-19(20)14-18(22)2/h3-5,10-11,17-20H,6-9,12-16H2,1-2H3/t17-,18-,19?,20?/m1/s1. The van der Waals surface area contributed by atoms with Crippen LogP contribution in [0.25, 0.3) is 0 Å². The number of benzene rings is 1. The molecule has 1 saturated carbocycles. The minimum atomic E-state index is 0.802. The van der Waals surface area contributed by atoms with Crippen LogP contribution < -0.4 is 0 Å². The Morgan fingerprint density at radius 3 is 2.65 bits per heavy atom. The number of rotatable bonds is 6. The average Bonchev–Trinajstić information content (AvgIpc) is 2.59. The van der Waals surface area contributed by atoms with E-state index in [0.717, 1.165) is 23.8 Å². The zero-order chi connectivity index (χ0) is 16.1. The van der Waals surface area contributed by atoms with E-state index in [2.05, 4.69) is 49.1 Å². The first-order valence-electron chi connectivity index (χ1n) is 9.64. The van der Waals surface area contributed by atoms with Crippen molar-refractivity contribution in [1.29, 1.82) is 0 Å². The summed E-state index contributed by atoms with van der Waals surface area (Å²) in [7, 11) is 0. The molecule has 0 bridgehead atoms. The van der Waals surface area contributed by atoms with Crippen LogP contribution in [0.2, 0.25) is 0 Å². The van der Waals surface area contributed by atoms with Gasteiger partial charge in [-0.25, -0.2) is 0 Å². The molecule has 128 valence electrons. The molecule has 2 unspecified atom stereocenters. The molecule has 3 rings (SSSR count). The van der Waals surface area contributed by atoms with Crippen LogP contribution in [0.15, 0.2) is 35.2 Å². The van der Waals surface area contributed by atoms with Crippen LogP contribution in [-0.4, -0.2) is 29.8 Å². The molecule has 0 amide bonds. The van der Waals surface area contributed by atoms with Gasteiger partial charge in [0.25, 0.3) is 0 Å². The van der Waals surface area contributed by atoms with Crippen molar-refractivity contribution in [2.24, 2.45) is 17.8 Å². The van der Waals surface area contributed by atoms with Crippen molar-refractivity contribution in [3.05, 3.63) is 30.3 Å². The summed E-state index contributed by atoms with van der Waals surface area (Å²) in [5, 5.41) is 0. The van der Waals surface area contributed by atoms with Gasteiger partial charge >= 0.3 is 0 Å². The molecule has 23 heavy (non-hydrogen) atoms. The maximum absolute atomic E-state index is 2.80. The largest absolute Gasteiger partial charge is 0.300 e. The van der Waals surface area contributed by atoms with Crippen LogP contribution >= 0.6 is 11.8 Å². The number of hydrogen-bond acceptors (Lipinski definition) is 2. The van der Waals surface area contributed by atoms with Gasteiger partial charge in [-0.3, -0.25) is 0 Å². The van der Waals surface area contributed by atoms with Gasteiger partial charge in [-0.1, -0.05) is 44.4 Å². The summed E-state index contributed by atoms with van der Waals surface area (Å²) in [5.74, 6) is 4.10. The van der Waals surface area contributed by atoms with Gasteiger partial charge in [-0.15, -0.1) is 11.8 Å². The van der Waals surface area contributed by atoms with Crippen LogP contribution in [0.1, 0.15) is 52.4 Å². The molecule has 1 aromatic rings. The van der Waals surface area contributed by atoms with Gasteiger partial charge in [0.15, 0.2) is 0 Å². The Balaban J connectivity index is 1.40. The molecule has 2 aliphatic rings. The Labute approximate surface area is 147 Å². The zero-order valence-electron chi connectivity index (χ0n) is 14.9. The van der Waals surface area contributed by atoms with E-state index in [1.165, 1.54) is 62.3 Å². The lowest BCUT2D eigenvalue weighted by Crippen LogP contribution is -2.47. The Morgan fingerprint density at radius 1 is 1.13 bits per heavy atom. The highest BCUT2D eigenvalue weighted by Gasteiger charge is 2.34. The Bertz CT molecular complexity index is 460. The van der Waals surface area contributed by atoms with Gasteiger partial charge < -0.3 is 4.90 Å². The summed E-state index contributed by atoms with van der Waals surface area (Å²) in [6.45, 7) is 7.58. The van der Waals surface area contributed by atoms with Gasteiger partial charge in [-0.2, -0.15) is 0 Å². The summed E-state index contributed by atoms with van der Waals surface area (Å²) >= 11 is 2.02. The Hall–Kier alpha value is -0.470. The predicted octanol–water partition coefficient (Wildman–Crippen LogP) is 5.71. The lowest BCUT2D eigenvalue weighted by atomic mass is 9.73. The molecule has 1 aromatic carbocycles. The second kappa shape index (κ2) is 8.58. The topological polar surface area (TPSA) is 3.24 Å². The molecule has 1 nitrogen and oxygen atoms in total. The van der Waals surface area contributed by atoms with Gasteiger partial charge in [0.2, 0.25) is 0 Å². The molecular formula is C21H33NS. The maximum atomic E-state index is 2.80. The lowest BCUT2D eigenvalue weighted by molar-refractivity contribution is 0.0435. The summed E-state index contributed by atoms with van der Waals surface area (Å²) in [6, 6.07) is 11.7. The molecule has 2 heteroatoms. The van der Waals surface area contributed by atoms with Gasteiger partial charge in [-0.05, 0) is 62.6 Å². The lowest BCUT2D eigenvalue weighted by Gasteiger charge is -2.45. The van der Waals surface area contributed by atoms with Crippen LogP contribution in [-0.2, 0) is 0 Å². The molecule has 1 aliphatic carbocycles. The van der Waals surface area contributed by atoms with E-state index in [1.54, 1.807) is 0 Å². The summed E-state index contributed by atoms with van der Waals surface area (Å²) in [4.78, 5) is 4.21. The highest BCUT2D eigenvalue weighted by Crippen LogP contribution is 2.38. The van der Waals surface area contributed by atoms with Crippen molar-refractivity contribution in [2.75, 3.05) is 18.8 Å². The fourth-order valence-corrected chi connectivity index (χ4v) is 5.43. The van der Waals surface area contributed by atoms with Crippen LogP contribution in [0.4, 0.5) is 0 Å². The van der Waals surface area contributed by atoms with E-state index in [9.17, 15) is 0 Å². The highest BCUT2D eigenvalue weighted by molar-refractivity contribution is 7.99. The van der Waals surface area contributed by atoms with E-state index in [1.807, 2.05) is 11.8 Å². The van der Waals surface area contributed by atoms with Crippen molar-refractivity contribution in [2.45, 2.75) is 63.3 Å². The first-order chi connectivity index (χ1) is 11.2. The third-order valence-electron chi connectivity index (χ3n) is 5.99. The quantitative estimate of drug-likeness (QED) is 0.615. The molecule has 0 N–H and O–H groups in total. The third-order valence-corrected chi connectivity index (χ3v) is 7.33. The summed E-state index contributed by atoms with van der Waals surface area (Å²) < 4.78 is 0. The van der Waals surface area contributed by atoms with E-state index in [0.29, 0.717) is 0 Å². The fraction of sp³-hybridized carbons (Fsp3) is 0.714. The smallest absolute Gasteiger partial charge is 0.00720 e. The molecule has 0 spiro atoms. The zero-order valence-corrected chi connectivity index (χ0v) is 15.7. The highest BCUT2D eigenvalue weighted by atomic mass is 32.2. The molecule has 4 atom stereocenters. The van der Waals surface area contributed by atoms with E-state index in [4.69, 9.17) is 0 Å². The van der Waals surface area contributed by atoms with Crippen molar-refractivity contribution in [3.63, 3.8) is 0 Å². The van der Waals surface area contributed by atoms with Crippen LogP contribution in [0.3, 0.4) is 0 Å². The van der Waals surface area contributed by atoms with Crippen molar-refractivity contribution in [1.82, 2.24) is 4.90 Å². The molecule has 0 radical (unpaired) electrons. The number of fused-ring (bicyclic) bond motifs is 1. The summed E-state index contributed by atoms with van der Waals surface area (Å²) in [6.07, 6.45) is 8.77. The van der Waals surface area contributed by atoms with Crippen molar-refractivity contribution < 1.29 is 0 Å². The number of likely N-dealkylation sites (tertiary alicyclic amines) is 1. The van der Waals surface area contributed by atoms with Crippen LogP contribution in [0.5, 0.6) is 0 Å². The number of hydrogen-bond donors (Lipinski definition) is 0. The molecule has 1 aliphatic heterocycles. The van der Waals surface area contributed by atoms with E-state index >= 15 is 0 Å². The number of piperidine rings is 1. The molecule has 0 aromatic heterocycles. The number of nitrogens with zero attached hydrogens (tertiary/aromatic N) is 1. The molecule has 1 saturated heterocycles. The van der Waals surface area contributed by atoms with Crippen molar-refractivity contribution in [3.8, 4) is 0 Å². The Morgan fingerprint density at radius 2 is 1.87 bits per heavy atom. The number of thioether (sulfide) groups is 1. The second-order valence-corrected chi connectivity index (χ2v) is 9.00. The maximum Gasteiger partial charge on any atom is 0.00720 e. The fourth-order valence-electron chi connectivity index (χ4n) is 4.44. The monoisotopic (exact) mass is 331 g/mol. The van der Waals surface area contributed by atoms with Gasteiger partial charge in [0, 0.05) is 23.2 Å². The predicted molar refractivity (Wildman–Crippen MR) is 102 cm³/mol. The van der Waals surface area contributed by atoms with Gasteiger partial charge in [0.05, 0.1) is 0 Å². The van der Waals surface area contributed by atoms with Gasteiger partial charge in [0.1, 0.15) is 0 Å². The minimum Gasteiger partial charge on any atom is -0.300 e. The SMILES string of the molecule is C[C@H](CCN1CC2CCCCC2C[C@H]1C)CSc1ccccc1. The molecule has 2 fully saturated rings. The molecular weight excluding hydrogens is 298 g/mol. The van der Waals surface area contributed by atoms with E-state index < -0.39 is 0 Å². The average molecular weight is 332 g/mol. The first kappa shape index (κ1) is 17.4. The minimum absolute atomic E-state index is 0.802. The molecule has 1 heterocycles. The van der Waals surface area contributed by atoms with Crippen LogP contribution in [0, 0.1) is 17.8 Å². The third kappa shape index (κ3) is 5.00. The normalized spacial score (nSPS) is 29.9. The summed E-state index contributed by atoms with van der Waals surface area (Å²) in [5.41, 5.74) is 0. The Kier molecular flexibility index (Phi) is 6.47. The van der Waals surface area contributed by atoms with E-state index in [-0.39, 0.29) is 0 Å².